The Morgan fingerprint density at radius 1 is 1.00 bits per heavy atom. The lowest BCUT2D eigenvalue weighted by Gasteiger charge is -2.09. The second-order valence-electron chi connectivity index (χ2n) is 0.842. The lowest BCUT2D eigenvalue weighted by molar-refractivity contribution is 0.824. The molecule has 6 heteroatoms. The van der Waals surface area contributed by atoms with Crippen molar-refractivity contribution in [1.29, 1.82) is 0 Å². The summed E-state index contributed by atoms with van der Waals surface area (Å²) in [5, 5.41) is 0. The molecule has 0 aromatic carbocycles. The molecule has 0 rings (SSSR count). The first kappa shape index (κ1) is 12.1. The van der Waals surface area contributed by atoms with Gasteiger partial charge in [0.25, 0.3) is 0 Å². The lowest BCUT2D eigenvalue weighted by Crippen LogP contribution is -2.11. The van der Waals surface area contributed by atoms with E-state index in [0.29, 0.717) is 0 Å². The predicted octanol–water partition coefficient (Wildman–Crippen LogP) is 2.34. The molecule has 0 aromatic heterocycles. The highest BCUT2D eigenvalue weighted by molar-refractivity contribution is 6.73. The monoisotopic (exact) mass is 218 g/mol. The molecule has 0 saturated carbocycles. The topological polar surface area (TPSA) is 31.5 Å². The summed E-state index contributed by atoms with van der Waals surface area (Å²) < 4.78 is -1.55. The van der Waals surface area contributed by atoms with Gasteiger partial charge in [0.05, 0.1) is 0 Å². The molecular weight excluding hydrogens is 217 g/mol. The van der Waals surface area contributed by atoms with Crippen molar-refractivity contribution in [1.82, 2.24) is 0 Å². The average Bonchev–Trinajstić information content (AvgIpc) is 1.31. The van der Waals surface area contributed by atoms with Gasteiger partial charge in [-0.05, 0) is 0 Å². The number of hydrogen-bond acceptors (Lipinski definition) is 0. The molecule has 0 heterocycles. The summed E-state index contributed by atoms with van der Waals surface area (Å²) in [6.07, 6.45) is 0. The average molecular weight is 220 g/mol. The highest BCUT2D eigenvalue weighted by Gasteiger charge is 2.28. The van der Waals surface area contributed by atoms with Crippen LogP contribution in [0.15, 0.2) is 0 Å². The van der Waals surface area contributed by atoms with E-state index in [4.69, 9.17) is 58.0 Å². The highest BCUT2D eigenvalue weighted by atomic mass is 35.6. The van der Waals surface area contributed by atoms with Gasteiger partial charge in [0, 0.05) is 0 Å². The molecule has 0 fully saturated rings. The zero-order chi connectivity index (χ0) is 6.08. The maximum absolute atomic E-state index is 5.14. The Bertz CT molecular complexity index is 55.9. The zero-order valence-corrected chi connectivity index (χ0v) is 7.25. The fourth-order valence-corrected chi connectivity index (χ4v) is 0. The summed E-state index contributed by atoms with van der Waals surface area (Å²) in [7, 11) is 0. The van der Waals surface area contributed by atoms with Crippen LogP contribution in [-0.4, -0.2) is 14.1 Å². The number of hydrogen-bond donors (Lipinski definition) is 0. The molecule has 0 amide bonds. The number of halogens is 5. The molecule has 0 spiro atoms. The second-order valence-corrected chi connectivity index (χ2v) is 4.31. The van der Waals surface area contributed by atoms with Crippen LogP contribution in [0.2, 0.25) is 0 Å². The SMILES string of the molecule is ClC(Cl)C(Cl)(Cl)Cl.O. The van der Waals surface area contributed by atoms with Gasteiger partial charge in [0.15, 0.2) is 4.84 Å². The minimum absolute atomic E-state index is 0. The van der Waals surface area contributed by atoms with Crippen LogP contribution >= 0.6 is 58.0 Å². The van der Waals surface area contributed by atoms with Crippen LogP contribution in [0.3, 0.4) is 0 Å². The van der Waals surface area contributed by atoms with Crippen LogP contribution in [0.1, 0.15) is 0 Å². The van der Waals surface area contributed by atoms with Gasteiger partial charge in [-0.25, -0.2) is 0 Å². The molecule has 0 aromatic rings. The molecule has 2 N–H and O–H groups in total. The van der Waals surface area contributed by atoms with Crippen molar-refractivity contribution < 1.29 is 5.48 Å². The van der Waals surface area contributed by atoms with Gasteiger partial charge in [0.1, 0.15) is 0 Å². The highest BCUT2D eigenvalue weighted by Crippen LogP contribution is 2.35. The minimum Gasteiger partial charge on any atom is -0.412 e. The summed E-state index contributed by atoms with van der Waals surface area (Å²) in [5.41, 5.74) is 0. The van der Waals surface area contributed by atoms with E-state index in [1.54, 1.807) is 0 Å². The van der Waals surface area contributed by atoms with Gasteiger partial charge in [0.2, 0.25) is 3.79 Å². The van der Waals surface area contributed by atoms with E-state index in [-0.39, 0.29) is 5.48 Å². The van der Waals surface area contributed by atoms with Crippen molar-refractivity contribution >= 4 is 58.0 Å². The standard InChI is InChI=1S/C2HCl5.H2O/c3-1(4)2(5,6)7;/h1H;1H2. The van der Waals surface area contributed by atoms with E-state index in [2.05, 4.69) is 0 Å². The molecule has 0 atom stereocenters. The summed E-state index contributed by atoms with van der Waals surface area (Å²) in [6.45, 7) is 0. The van der Waals surface area contributed by atoms with Gasteiger partial charge in [-0.15, -0.1) is 23.2 Å². The van der Waals surface area contributed by atoms with Crippen LogP contribution in [0.25, 0.3) is 0 Å². The Hall–Kier alpha value is 1.41. The Labute approximate surface area is 72.1 Å². The molecule has 0 aliphatic rings. The fraction of sp³-hybridized carbons (Fsp3) is 1.00. The molecule has 0 aliphatic carbocycles. The largest absolute Gasteiger partial charge is 0.412 e. The summed E-state index contributed by atoms with van der Waals surface area (Å²) in [6, 6.07) is 0. The Balaban J connectivity index is 0. The van der Waals surface area contributed by atoms with E-state index >= 15 is 0 Å². The summed E-state index contributed by atoms with van der Waals surface area (Å²) in [5.74, 6) is 0. The Kier molecular flexibility index (Phi) is 6.46. The zero-order valence-electron chi connectivity index (χ0n) is 3.47. The van der Waals surface area contributed by atoms with Crippen LogP contribution in [-0.2, 0) is 0 Å². The second kappa shape index (κ2) is 4.26. The van der Waals surface area contributed by atoms with Crippen molar-refractivity contribution in [3.63, 3.8) is 0 Å². The van der Waals surface area contributed by atoms with Crippen LogP contribution < -0.4 is 0 Å². The predicted molar refractivity (Wildman–Crippen MR) is 39.4 cm³/mol. The minimum atomic E-state index is -1.55. The van der Waals surface area contributed by atoms with Gasteiger partial charge >= 0.3 is 0 Å². The van der Waals surface area contributed by atoms with Gasteiger partial charge in [-0.3, -0.25) is 0 Å². The van der Waals surface area contributed by atoms with Crippen molar-refractivity contribution in [3.05, 3.63) is 0 Å². The molecule has 0 radical (unpaired) electrons. The Morgan fingerprint density at radius 2 is 1.12 bits per heavy atom. The van der Waals surface area contributed by atoms with E-state index in [1.807, 2.05) is 0 Å². The van der Waals surface area contributed by atoms with E-state index < -0.39 is 8.63 Å². The van der Waals surface area contributed by atoms with Crippen LogP contribution in [0, 0.1) is 0 Å². The molecule has 8 heavy (non-hydrogen) atoms. The molecule has 0 saturated heterocycles. The fourth-order valence-electron chi connectivity index (χ4n) is 0. The Morgan fingerprint density at radius 3 is 1.12 bits per heavy atom. The van der Waals surface area contributed by atoms with Gasteiger partial charge in [-0.2, -0.15) is 0 Å². The molecular formula is C2H3Cl5O. The van der Waals surface area contributed by atoms with E-state index in [1.165, 1.54) is 0 Å². The summed E-state index contributed by atoms with van der Waals surface area (Å²) in [4.78, 5) is -0.961. The maximum Gasteiger partial charge on any atom is 0.220 e. The van der Waals surface area contributed by atoms with E-state index in [9.17, 15) is 0 Å². The smallest absolute Gasteiger partial charge is 0.220 e. The molecule has 0 unspecified atom stereocenters. The summed E-state index contributed by atoms with van der Waals surface area (Å²) >= 11 is 25.7. The third-order valence-corrected chi connectivity index (χ3v) is 2.23. The van der Waals surface area contributed by atoms with Gasteiger partial charge < -0.3 is 5.48 Å². The maximum atomic E-state index is 5.14. The normalized spacial score (nSPS) is 11.2. The van der Waals surface area contributed by atoms with Crippen molar-refractivity contribution in [2.24, 2.45) is 0 Å². The van der Waals surface area contributed by atoms with Crippen LogP contribution in [0.4, 0.5) is 0 Å². The quantitative estimate of drug-likeness (QED) is 0.561. The van der Waals surface area contributed by atoms with Gasteiger partial charge in [-0.1, -0.05) is 34.8 Å². The van der Waals surface area contributed by atoms with Crippen LogP contribution in [0.5, 0.6) is 0 Å². The third-order valence-electron chi connectivity index (χ3n) is 0.247. The first-order chi connectivity index (χ1) is 2.94. The van der Waals surface area contributed by atoms with Crippen molar-refractivity contribution in [3.8, 4) is 0 Å². The third kappa shape index (κ3) is 5.54. The first-order valence-corrected chi connectivity index (χ1v) is 3.30. The molecule has 52 valence electrons. The number of alkyl halides is 5. The first-order valence-electron chi connectivity index (χ1n) is 1.29. The molecule has 1 nitrogen and oxygen atoms in total. The number of rotatable bonds is 0. The van der Waals surface area contributed by atoms with Crippen molar-refractivity contribution in [2.45, 2.75) is 8.63 Å². The molecule has 0 aliphatic heterocycles. The van der Waals surface area contributed by atoms with Crippen molar-refractivity contribution in [2.75, 3.05) is 0 Å². The van der Waals surface area contributed by atoms with E-state index in [0.717, 1.165) is 0 Å². The lowest BCUT2D eigenvalue weighted by atomic mass is 10.9. The molecule has 0 bridgehead atoms.